The summed E-state index contributed by atoms with van der Waals surface area (Å²) in [6, 6.07) is 3.90. The molecule has 17 heteroatoms. The van der Waals surface area contributed by atoms with Gasteiger partial charge in [-0.2, -0.15) is 18.3 Å². The van der Waals surface area contributed by atoms with Crippen molar-refractivity contribution in [2.24, 2.45) is 7.05 Å². The first kappa shape index (κ1) is 32.7. The van der Waals surface area contributed by atoms with Gasteiger partial charge in [0, 0.05) is 51.7 Å². The third-order valence-electron chi connectivity index (χ3n) is 8.13. The molecule has 4 heterocycles. The summed E-state index contributed by atoms with van der Waals surface area (Å²) < 4.78 is 43.8. The molecule has 1 saturated carbocycles. The average Bonchev–Trinajstić information content (AvgIpc) is 3.38. The van der Waals surface area contributed by atoms with Gasteiger partial charge >= 0.3 is 6.18 Å². The summed E-state index contributed by atoms with van der Waals surface area (Å²) in [5.41, 5.74) is -0.627. The van der Waals surface area contributed by atoms with Crippen molar-refractivity contribution in [1.29, 1.82) is 0 Å². The Bertz CT molecular complexity index is 1620. The number of aliphatic hydroxyl groups is 1. The molecule has 0 bridgehead atoms. The highest BCUT2D eigenvalue weighted by Gasteiger charge is 2.40. The maximum absolute atomic E-state index is 13.7. The van der Waals surface area contributed by atoms with Crippen LogP contribution in [0.2, 0.25) is 5.02 Å². The molecule has 2 aromatic heterocycles. The van der Waals surface area contributed by atoms with Gasteiger partial charge in [-0.05, 0) is 37.5 Å². The summed E-state index contributed by atoms with van der Waals surface area (Å²) in [4.78, 5) is 46.3. The molecule has 2 saturated heterocycles. The van der Waals surface area contributed by atoms with Crippen LogP contribution in [0.1, 0.15) is 52.0 Å². The first-order valence-corrected chi connectivity index (χ1v) is 14.6. The van der Waals surface area contributed by atoms with Crippen molar-refractivity contribution in [2.75, 3.05) is 38.0 Å². The molecule has 0 unspecified atom stereocenters. The number of β-amino-alcohol motifs (C(OH)–C–C–N with tert-alkyl or cyclic N) is 1. The molecule has 6 rings (SSSR count). The quantitative estimate of drug-likeness (QED) is 0.367. The van der Waals surface area contributed by atoms with Crippen LogP contribution in [0.3, 0.4) is 0 Å². The number of nitrogens with zero attached hydrogens (tertiary/aromatic N) is 6. The fourth-order valence-electron chi connectivity index (χ4n) is 5.56. The first-order valence-electron chi connectivity index (χ1n) is 14.2. The van der Waals surface area contributed by atoms with E-state index in [1.165, 1.54) is 46.9 Å². The summed E-state index contributed by atoms with van der Waals surface area (Å²) in [6.07, 6.45) is -0.807. The summed E-state index contributed by atoms with van der Waals surface area (Å²) >= 11 is 6.43. The number of aliphatic hydroxyl groups excluding tert-OH is 1. The fourth-order valence-corrected chi connectivity index (χ4v) is 5.83. The standard InChI is InChI=1S/C28H30ClF3N8O4.ClH/c1-37-22(19-14-40(16-3-4-16)36-23(19)28(30,31)32)13-34-24(37)25(42)35-15-2-5-18(20(29)10-15)26(43)38-6-8-39(9-7-38)27(44)21-11-17(41)12-33-21;/h2,5,10,13-14,16-17,21,33,41H,3-4,6-9,11-12H2,1H3,(H,35,42);1H/t17-,21+;/m0./s1. The van der Waals surface area contributed by atoms with Gasteiger partial charge in [0.25, 0.3) is 11.8 Å². The number of benzene rings is 1. The number of alkyl halides is 3. The van der Waals surface area contributed by atoms with Gasteiger partial charge in [0.2, 0.25) is 5.91 Å². The Labute approximate surface area is 266 Å². The van der Waals surface area contributed by atoms with Gasteiger partial charge < -0.3 is 30.1 Å². The molecule has 2 aliphatic heterocycles. The van der Waals surface area contributed by atoms with E-state index in [9.17, 15) is 32.7 Å². The molecule has 3 amide bonds. The lowest BCUT2D eigenvalue weighted by Crippen LogP contribution is -2.54. The maximum Gasteiger partial charge on any atom is 0.435 e. The van der Waals surface area contributed by atoms with Crippen molar-refractivity contribution in [3.8, 4) is 11.3 Å². The van der Waals surface area contributed by atoms with Crippen LogP contribution in [-0.4, -0.2) is 96.8 Å². The zero-order valence-electron chi connectivity index (χ0n) is 24.1. The van der Waals surface area contributed by atoms with E-state index in [4.69, 9.17) is 11.6 Å². The Hall–Kier alpha value is -3.66. The molecule has 0 radical (unpaired) electrons. The predicted molar refractivity (Wildman–Crippen MR) is 159 cm³/mol. The van der Waals surface area contributed by atoms with Gasteiger partial charge in [-0.25, -0.2) is 4.98 Å². The number of carbonyl (C=O) groups excluding carboxylic acids is 3. The zero-order valence-corrected chi connectivity index (χ0v) is 25.6. The topological polar surface area (TPSA) is 138 Å². The lowest BCUT2D eigenvalue weighted by Gasteiger charge is -2.36. The van der Waals surface area contributed by atoms with Crippen molar-refractivity contribution in [2.45, 2.75) is 43.6 Å². The monoisotopic (exact) mass is 670 g/mol. The Morgan fingerprint density at radius 1 is 1.11 bits per heavy atom. The van der Waals surface area contributed by atoms with Gasteiger partial charge in [0.05, 0.1) is 46.2 Å². The molecular formula is C28H31Cl2F3N8O4. The minimum atomic E-state index is -4.68. The molecular weight excluding hydrogens is 640 g/mol. The summed E-state index contributed by atoms with van der Waals surface area (Å²) in [5, 5.41) is 19.2. The van der Waals surface area contributed by atoms with Crippen molar-refractivity contribution in [3.05, 3.63) is 52.7 Å². The Morgan fingerprint density at radius 3 is 2.40 bits per heavy atom. The van der Waals surface area contributed by atoms with E-state index in [1.54, 1.807) is 9.80 Å². The number of hydrogen-bond donors (Lipinski definition) is 3. The van der Waals surface area contributed by atoms with Crippen molar-refractivity contribution in [3.63, 3.8) is 0 Å². The van der Waals surface area contributed by atoms with Gasteiger partial charge in [-0.15, -0.1) is 12.4 Å². The number of halogens is 5. The molecule has 0 spiro atoms. The van der Waals surface area contributed by atoms with Crippen molar-refractivity contribution in [1.82, 2.24) is 34.4 Å². The largest absolute Gasteiger partial charge is 0.435 e. The number of piperazine rings is 1. The molecule has 3 N–H and O–H groups in total. The lowest BCUT2D eigenvalue weighted by molar-refractivity contribution is -0.141. The highest BCUT2D eigenvalue weighted by molar-refractivity contribution is 6.34. The molecule has 3 fully saturated rings. The second-order valence-corrected chi connectivity index (χ2v) is 11.7. The van der Waals surface area contributed by atoms with Crippen LogP contribution in [0.5, 0.6) is 0 Å². The maximum atomic E-state index is 13.7. The van der Waals surface area contributed by atoms with Crippen LogP contribution in [0.25, 0.3) is 11.3 Å². The molecule has 12 nitrogen and oxygen atoms in total. The lowest BCUT2D eigenvalue weighted by atomic mass is 10.1. The minimum Gasteiger partial charge on any atom is -0.392 e. The normalized spacial score (nSPS) is 20.2. The predicted octanol–water partition coefficient (Wildman–Crippen LogP) is 2.97. The molecule has 2 atom stereocenters. The van der Waals surface area contributed by atoms with E-state index in [-0.39, 0.29) is 63.6 Å². The van der Waals surface area contributed by atoms with E-state index in [1.807, 2.05) is 0 Å². The first-order chi connectivity index (χ1) is 20.9. The summed E-state index contributed by atoms with van der Waals surface area (Å²) in [5.74, 6) is -1.23. The second-order valence-electron chi connectivity index (χ2n) is 11.2. The van der Waals surface area contributed by atoms with E-state index in [0.29, 0.717) is 39.1 Å². The number of anilines is 1. The molecule has 3 aliphatic rings. The molecule has 1 aliphatic carbocycles. The fraction of sp³-hybridized carbons (Fsp3) is 0.464. The molecule has 45 heavy (non-hydrogen) atoms. The molecule has 1 aromatic carbocycles. The van der Waals surface area contributed by atoms with Crippen LogP contribution in [0, 0.1) is 0 Å². The number of hydrogen-bond acceptors (Lipinski definition) is 7. The summed E-state index contributed by atoms with van der Waals surface area (Å²) in [6.45, 7) is 1.70. The Morgan fingerprint density at radius 2 is 1.80 bits per heavy atom. The zero-order chi connectivity index (χ0) is 31.3. The van der Waals surface area contributed by atoms with Crippen molar-refractivity contribution >= 4 is 47.4 Å². The van der Waals surface area contributed by atoms with Crippen LogP contribution < -0.4 is 10.6 Å². The summed E-state index contributed by atoms with van der Waals surface area (Å²) in [7, 11) is 1.45. The van der Waals surface area contributed by atoms with E-state index in [0.717, 1.165) is 12.8 Å². The highest BCUT2D eigenvalue weighted by atomic mass is 35.5. The second kappa shape index (κ2) is 12.6. The smallest absolute Gasteiger partial charge is 0.392 e. The number of aromatic nitrogens is 4. The number of rotatable bonds is 6. The average molecular weight is 672 g/mol. The van der Waals surface area contributed by atoms with Gasteiger partial charge in [-0.1, -0.05) is 11.6 Å². The minimum absolute atomic E-state index is 0. The number of imidazole rings is 1. The van der Waals surface area contributed by atoms with E-state index >= 15 is 0 Å². The number of nitrogens with one attached hydrogen (secondary N) is 2. The van der Waals surface area contributed by atoms with Crippen LogP contribution in [0.15, 0.2) is 30.6 Å². The SMILES string of the molecule is Cl.Cn1c(-c2cn(C3CC3)nc2C(F)(F)F)cnc1C(=O)Nc1ccc(C(=O)N2CCN(C(=O)[C@H]3C[C@H](O)CN3)CC2)c(Cl)c1. The Kier molecular flexibility index (Phi) is 9.18. The van der Waals surface area contributed by atoms with Crippen molar-refractivity contribution < 1.29 is 32.7 Å². The van der Waals surface area contributed by atoms with Gasteiger partial charge in [0.15, 0.2) is 11.5 Å². The van der Waals surface area contributed by atoms with Gasteiger partial charge in [0.1, 0.15) is 0 Å². The highest BCUT2D eigenvalue weighted by Crippen LogP contribution is 2.41. The van der Waals surface area contributed by atoms with E-state index < -0.39 is 29.9 Å². The van der Waals surface area contributed by atoms with Gasteiger partial charge in [-0.3, -0.25) is 19.1 Å². The number of carbonyl (C=O) groups is 3. The third-order valence-corrected chi connectivity index (χ3v) is 8.44. The van der Waals surface area contributed by atoms with Crippen LogP contribution >= 0.6 is 24.0 Å². The third kappa shape index (κ3) is 6.66. The molecule has 242 valence electrons. The van der Waals surface area contributed by atoms with Crippen LogP contribution in [0.4, 0.5) is 18.9 Å². The number of amides is 3. The van der Waals surface area contributed by atoms with Crippen LogP contribution in [-0.2, 0) is 18.0 Å². The molecule has 3 aromatic rings. The van der Waals surface area contributed by atoms with E-state index in [2.05, 4.69) is 20.7 Å². The Balaban J connectivity index is 0.00000400.